The minimum absolute atomic E-state index is 0.0383. The molecule has 0 bridgehead atoms. The molecule has 0 radical (unpaired) electrons. The maximum absolute atomic E-state index is 13.4. The van der Waals surface area contributed by atoms with Gasteiger partial charge in [0.25, 0.3) is 0 Å². The highest BCUT2D eigenvalue weighted by molar-refractivity contribution is 9.10. The standard InChI is InChI=1S/C16H18BrFN2/c1-10-4-3-5-15(11(10)2)16(20-19)8-12-6-13(17)9-14(18)7-12/h3-7,9,16,20H,8,19H2,1-2H3. The molecule has 2 aromatic carbocycles. The van der Waals surface area contributed by atoms with E-state index in [-0.39, 0.29) is 11.9 Å². The fourth-order valence-electron chi connectivity index (χ4n) is 2.37. The smallest absolute Gasteiger partial charge is 0.124 e. The zero-order chi connectivity index (χ0) is 14.7. The Morgan fingerprint density at radius 1 is 1.25 bits per heavy atom. The third kappa shape index (κ3) is 3.45. The summed E-state index contributed by atoms with van der Waals surface area (Å²) in [5, 5.41) is 0. The van der Waals surface area contributed by atoms with Crippen LogP contribution in [0.2, 0.25) is 0 Å². The molecule has 4 heteroatoms. The van der Waals surface area contributed by atoms with Gasteiger partial charge in [-0.25, -0.2) is 4.39 Å². The summed E-state index contributed by atoms with van der Waals surface area (Å²) in [5.74, 6) is 5.45. The van der Waals surface area contributed by atoms with Crippen LogP contribution >= 0.6 is 15.9 Å². The van der Waals surface area contributed by atoms with Crippen LogP contribution in [-0.2, 0) is 6.42 Å². The predicted molar refractivity (Wildman–Crippen MR) is 83.8 cm³/mol. The van der Waals surface area contributed by atoms with E-state index in [9.17, 15) is 4.39 Å². The molecular formula is C16H18BrFN2. The molecule has 3 N–H and O–H groups in total. The monoisotopic (exact) mass is 336 g/mol. The molecule has 0 aliphatic rings. The van der Waals surface area contributed by atoms with E-state index in [1.54, 1.807) is 6.07 Å². The maximum Gasteiger partial charge on any atom is 0.124 e. The molecule has 0 amide bonds. The first-order chi connectivity index (χ1) is 9.51. The van der Waals surface area contributed by atoms with E-state index in [2.05, 4.69) is 47.3 Å². The van der Waals surface area contributed by atoms with E-state index >= 15 is 0 Å². The zero-order valence-electron chi connectivity index (χ0n) is 11.6. The Morgan fingerprint density at radius 3 is 2.65 bits per heavy atom. The highest BCUT2D eigenvalue weighted by Gasteiger charge is 2.14. The summed E-state index contributed by atoms with van der Waals surface area (Å²) in [5.41, 5.74) is 7.32. The first-order valence-corrected chi connectivity index (χ1v) is 7.27. The number of nitrogens with one attached hydrogen (secondary N) is 1. The lowest BCUT2D eigenvalue weighted by Gasteiger charge is -2.20. The molecule has 2 rings (SSSR count). The van der Waals surface area contributed by atoms with Gasteiger partial charge in [0.1, 0.15) is 5.82 Å². The number of benzene rings is 2. The second kappa shape index (κ2) is 6.48. The third-order valence-electron chi connectivity index (χ3n) is 3.59. The van der Waals surface area contributed by atoms with Gasteiger partial charge in [0.15, 0.2) is 0 Å². The van der Waals surface area contributed by atoms with Crippen molar-refractivity contribution >= 4 is 15.9 Å². The SMILES string of the molecule is Cc1cccc(C(Cc2cc(F)cc(Br)c2)NN)c1C. The van der Waals surface area contributed by atoms with Gasteiger partial charge in [-0.15, -0.1) is 0 Å². The van der Waals surface area contributed by atoms with Gasteiger partial charge in [0.05, 0.1) is 6.04 Å². The number of aryl methyl sites for hydroxylation is 1. The minimum atomic E-state index is -0.244. The zero-order valence-corrected chi connectivity index (χ0v) is 13.2. The Kier molecular flexibility index (Phi) is 4.91. The normalized spacial score (nSPS) is 12.4. The van der Waals surface area contributed by atoms with E-state index < -0.39 is 0 Å². The summed E-state index contributed by atoms with van der Waals surface area (Å²) in [6.07, 6.45) is 0.636. The van der Waals surface area contributed by atoms with Gasteiger partial charge in [0.2, 0.25) is 0 Å². The molecule has 2 nitrogen and oxygen atoms in total. The number of halogens is 2. The van der Waals surface area contributed by atoms with Crippen LogP contribution in [0.15, 0.2) is 40.9 Å². The second-order valence-corrected chi connectivity index (χ2v) is 5.91. The molecule has 0 spiro atoms. The molecule has 106 valence electrons. The Hall–Kier alpha value is -1.23. The summed E-state index contributed by atoms with van der Waals surface area (Å²) < 4.78 is 14.2. The average molecular weight is 337 g/mol. The molecule has 0 fully saturated rings. The Balaban J connectivity index is 2.31. The molecule has 1 unspecified atom stereocenters. The van der Waals surface area contributed by atoms with E-state index in [1.807, 2.05) is 12.1 Å². The summed E-state index contributed by atoms with van der Waals surface area (Å²) >= 11 is 3.32. The van der Waals surface area contributed by atoms with Crippen LogP contribution in [0.25, 0.3) is 0 Å². The molecular weight excluding hydrogens is 319 g/mol. The highest BCUT2D eigenvalue weighted by Crippen LogP contribution is 2.25. The Labute approximate surface area is 127 Å². The van der Waals surface area contributed by atoms with Gasteiger partial charge < -0.3 is 0 Å². The Morgan fingerprint density at radius 2 is 2.00 bits per heavy atom. The molecule has 0 aliphatic heterocycles. The van der Waals surface area contributed by atoms with Gasteiger partial charge in [0, 0.05) is 4.47 Å². The second-order valence-electron chi connectivity index (χ2n) is 4.99. The van der Waals surface area contributed by atoms with Crippen molar-refractivity contribution in [3.05, 3.63) is 68.9 Å². The first-order valence-electron chi connectivity index (χ1n) is 6.48. The van der Waals surface area contributed by atoms with Crippen LogP contribution < -0.4 is 11.3 Å². The van der Waals surface area contributed by atoms with Gasteiger partial charge >= 0.3 is 0 Å². The van der Waals surface area contributed by atoms with Crippen LogP contribution in [0.3, 0.4) is 0 Å². The lowest BCUT2D eigenvalue weighted by molar-refractivity contribution is 0.545. The van der Waals surface area contributed by atoms with Crippen molar-refractivity contribution in [3.8, 4) is 0 Å². The summed E-state index contributed by atoms with van der Waals surface area (Å²) in [6.45, 7) is 4.15. The number of rotatable bonds is 4. The topological polar surface area (TPSA) is 38.0 Å². The van der Waals surface area contributed by atoms with Crippen LogP contribution in [0.1, 0.15) is 28.3 Å². The quantitative estimate of drug-likeness (QED) is 0.655. The molecule has 0 aromatic heterocycles. The van der Waals surface area contributed by atoms with Crippen molar-refractivity contribution in [3.63, 3.8) is 0 Å². The number of hydrogen-bond donors (Lipinski definition) is 2. The number of hydrazine groups is 1. The van der Waals surface area contributed by atoms with Gasteiger partial charge in [-0.3, -0.25) is 11.3 Å². The summed E-state index contributed by atoms with van der Waals surface area (Å²) in [4.78, 5) is 0. The van der Waals surface area contributed by atoms with Gasteiger partial charge in [-0.1, -0.05) is 34.1 Å². The average Bonchev–Trinajstić information content (AvgIpc) is 2.38. The number of nitrogens with two attached hydrogens (primary N) is 1. The van der Waals surface area contributed by atoms with Crippen LogP contribution in [-0.4, -0.2) is 0 Å². The molecule has 0 aliphatic carbocycles. The van der Waals surface area contributed by atoms with Crippen LogP contribution in [0.4, 0.5) is 4.39 Å². The lowest BCUT2D eigenvalue weighted by Crippen LogP contribution is -2.30. The highest BCUT2D eigenvalue weighted by atomic mass is 79.9. The molecule has 0 saturated heterocycles. The summed E-state index contributed by atoms with van der Waals surface area (Å²) in [7, 11) is 0. The molecule has 0 saturated carbocycles. The molecule has 20 heavy (non-hydrogen) atoms. The lowest BCUT2D eigenvalue weighted by atomic mass is 9.93. The maximum atomic E-state index is 13.4. The molecule has 2 aromatic rings. The van der Waals surface area contributed by atoms with Crippen molar-refractivity contribution in [1.29, 1.82) is 0 Å². The van der Waals surface area contributed by atoms with Gasteiger partial charge in [-0.05, 0) is 60.7 Å². The Bertz CT molecular complexity index is 593. The van der Waals surface area contributed by atoms with E-state index in [4.69, 9.17) is 5.84 Å². The minimum Gasteiger partial charge on any atom is -0.271 e. The van der Waals surface area contributed by atoms with E-state index in [0.29, 0.717) is 6.42 Å². The van der Waals surface area contributed by atoms with Crippen molar-refractivity contribution in [2.45, 2.75) is 26.3 Å². The largest absolute Gasteiger partial charge is 0.271 e. The number of hydrogen-bond acceptors (Lipinski definition) is 2. The third-order valence-corrected chi connectivity index (χ3v) is 4.04. The van der Waals surface area contributed by atoms with Gasteiger partial charge in [-0.2, -0.15) is 0 Å². The first kappa shape index (κ1) is 15.2. The predicted octanol–water partition coefficient (Wildman–Crippen LogP) is 3.95. The van der Waals surface area contributed by atoms with E-state index in [1.165, 1.54) is 17.2 Å². The van der Waals surface area contributed by atoms with E-state index in [0.717, 1.165) is 15.6 Å². The molecule has 0 heterocycles. The summed E-state index contributed by atoms with van der Waals surface area (Å²) in [6, 6.07) is 11.0. The fraction of sp³-hybridized carbons (Fsp3) is 0.250. The van der Waals surface area contributed by atoms with Crippen molar-refractivity contribution < 1.29 is 4.39 Å². The van der Waals surface area contributed by atoms with Crippen molar-refractivity contribution in [1.82, 2.24) is 5.43 Å². The van der Waals surface area contributed by atoms with Crippen molar-refractivity contribution in [2.24, 2.45) is 5.84 Å². The van der Waals surface area contributed by atoms with Crippen LogP contribution in [0, 0.1) is 19.7 Å². The fourth-order valence-corrected chi connectivity index (χ4v) is 2.89. The van der Waals surface area contributed by atoms with Crippen molar-refractivity contribution in [2.75, 3.05) is 0 Å². The van der Waals surface area contributed by atoms with Crippen LogP contribution in [0.5, 0.6) is 0 Å². The molecule has 1 atom stereocenters.